The molecule has 2 aromatic rings. The molecule has 0 radical (unpaired) electrons. The second-order valence-electron chi connectivity index (χ2n) is 5.26. The fourth-order valence-corrected chi connectivity index (χ4v) is 2.51. The average molecular weight is 377 g/mol. The number of carbonyl (C=O) groups excluding carboxylic acids is 1. The lowest BCUT2D eigenvalue weighted by molar-refractivity contribution is 0.0968. The van der Waals surface area contributed by atoms with Gasteiger partial charge in [0.2, 0.25) is 0 Å². The molecule has 0 saturated heterocycles. The molecule has 6 nitrogen and oxygen atoms in total. The number of rotatable bonds is 6. The van der Waals surface area contributed by atoms with Crippen LogP contribution in [0.3, 0.4) is 0 Å². The van der Waals surface area contributed by atoms with Gasteiger partial charge in [-0.3, -0.25) is 10.1 Å². The molecule has 0 aliphatic carbocycles. The van der Waals surface area contributed by atoms with Crippen LogP contribution in [0.1, 0.15) is 15.9 Å². The van der Waals surface area contributed by atoms with Crippen LogP contribution in [0.2, 0.25) is 5.02 Å². The van der Waals surface area contributed by atoms with Crippen molar-refractivity contribution in [2.24, 2.45) is 4.99 Å². The molecule has 0 aliphatic rings. The molecule has 7 heteroatoms. The second-order valence-corrected chi connectivity index (χ2v) is 5.67. The Labute approximate surface area is 157 Å². The molecule has 0 aliphatic heterocycles. The van der Waals surface area contributed by atoms with Crippen LogP contribution in [-0.4, -0.2) is 39.8 Å². The number of carbonyl (C=O) groups is 1. The van der Waals surface area contributed by atoms with Crippen molar-refractivity contribution in [2.45, 2.75) is 6.42 Å². The zero-order valence-electron chi connectivity index (χ0n) is 14.9. The average Bonchev–Trinajstić information content (AvgIpc) is 2.67. The van der Waals surface area contributed by atoms with E-state index in [-0.39, 0.29) is 11.9 Å². The number of aliphatic imine (C=N–C) groups is 1. The first-order valence-corrected chi connectivity index (χ1v) is 8.32. The Hall–Kier alpha value is -2.73. The molecular weight excluding hydrogens is 356 g/mol. The summed E-state index contributed by atoms with van der Waals surface area (Å²) in [6.45, 7) is 0.432. The number of hydrogen-bond acceptors (Lipinski definition) is 5. The summed E-state index contributed by atoms with van der Waals surface area (Å²) in [5, 5.41) is 2.98. The molecule has 0 aromatic heterocycles. The van der Waals surface area contributed by atoms with Gasteiger partial charge in [-0.15, -0.1) is 0 Å². The number of amidine groups is 1. The highest BCUT2D eigenvalue weighted by molar-refractivity contribution is 6.34. The summed E-state index contributed by atoms with van der Waals surface area (Å²) in [7, 11) is 4.63. The smallest absolute Gasteiger partial charge is 0.291 e. The number of nitrogens with one attached hydrogen (secondary N) is 1. The summed E-state index contributed by atoms with van der Waals surface area (Å²) in [5.74, 6) is 0.958. The van der Waals surface area contributed by atoms with Gasteiger partial charge in [-0.05, 0) is 36.2 Å². The largest absolute Gasteiger partial charge is 0.493 e. The Bertz CT molecular complexity index is 793. The molecule has 26 heavy (non-hydrogen) atoms. The monoisotopic (exact) mass is 376 g/mol. The Morgan fingerprint density at radius 1 is 1.08 bits per heavy atom. The standard InChI is InChI=1S/C19H21ClN2O4/c1-24-16-9-8-13(12-17(16)25-2)10-11-21-19(26-3)22-18(23)14-6-4-5-7-15(14)20/h4-9,12H,10-11H2,1-3H3,(H,21,22,23). The van der Waals surface area contributed by atoms with E-state index in [0.29, 0.717) is 35.1 Å². The van der Waals surface area contributed by atoms with Gasteiger partial charge in [-0.2, -0.15) is 0 Å². The molecule has 2 aromatic carbocycles. The van der Waals surface area contributed by atoms with Gasteiger partial charge in [0.05, 0.1) is 31.9 Å². The lowest BCUT2D eigenvalue weighted by Gasteiger charge is -2.10. The maximum Gasteiger partial charge on any atom is 0.291 e. The number of amides is 1. The molecule has 0 atom stereocenters. The van der Waals surface area contributed by atoms with Crippen LogP contribution in [-0.2, 0) is 11.2 Å². The number of ether oxygens (including phenoxy) is 3. The van der Waals surface area contributed by atoms with E-state index in [1.165, 1.54) is 7.11 Å². The highest BCUT2D eigenvalue weighted by Crippen LogP contribution is 2.27. The van der Waals surface area contributed by atoms with E-state index in [1.54, 1.807) is 38.5 Å². The Kier molecular flexibility index (Phi) is 7.29. The van der Waals surface area contributed by atoms with E-state index in [2.05, 4.69) is 10.3 Å². The maximum atomic E-state index is 12.2. The predicted molar refractivity (Wildman–Crippen MR) is 101 cm³/mol. The predicted octanol–water partition coefficient (Wildman–Crippen LogP) is 3.33. The van der Waals surface area contributed by atoms with E-state index < -0.39 is 0 Å². The van der Waals surface area contributed by atoms with Crippen LogP contribution in [0.25, 0.3) is 0 Å². The molecule has 1 amide bonds. The number of hydrogen-bond donors (Lipinski definition) is 1. The van der Waals surface area contributed by atoms with Crippen molar-refractivity contribution >= 4 is 23.5 Å². The third kappa shape index (κ3) is 5.13. The lowest BCUT2D eigenvalue weighted by Crippen LogP contribution is -2.32. The zero-order chi connectivity index (χ0) is 18.9. The first kappa shape index (κ1) is 19.6. The summed E-state index contributed by atoms with van der Waals surface area (Å²) < 4.78 is 15.6. The van der Waals surface area contributed by atoms with Crippen molar-refractivity contribution in [3.8, 4) is 11.5 Å². The van der Waals surface area contributed by atoms with E-state index in [9.17, 15) is 4.79 Å². The molecule has 1 N–H and O–H groups in total. The van der Waals surface area contributed by atoms with Crippen LogP contribution >= 0.6 is 11.6 Å². The van der Waals surface area contributed by atoms with Gasteiger partial charge in [-0.1, -0.05) is 29.8 Å². The molecular formula is C19H21ClN2O4. The van der Waals surface area contributed by atoms with Gasteiger partial charge < -0.3 is 14.2 Å². The van der Waals surface area contributed by atoms with Crippen molar-refractivity contribution in [2.75, 3.05) is 27.9 Å². The van der Waals surface area contributed by atoms with Crippen molar-refractivity contribution in [1.82, 2.24) is 5.32 Å². The highest BCUT2D eigenvalue weighted by atomic mass is 35.5. The van der Waals surface area contributed by atoms with Gasteiger partial charge in [0.1, 0.15) is 0 Å². The molecule has 0 fully saturated rings. The number of nitrogens with zero attached hydrogens (tertiary/aromatic N) is 1. The van der Waals surface area contributed by atoms with Gasteiger partial charge in [0.15, 0.2) is 11.5 Å². The van der Waals surface area contributed by atoms with Crippen molar-refractivity contribution < 1.29 is 19.0 Å². The van der Waals surface area contributed by atoms with Crippen molar-refractivity contribution in [1.29, 1.82) is 0 Å². The number of halogens is 1. The van der Waals surface area contributed by atoms with Crippen molar-refractivity contribution in [3.63, 3.8) is 0 Å². The van der Waals surface area contributed by atoms with Gasteiger partial charge in [0.25, 0.3) is 11.9 Å². The minimum atomic E-state index is -0.373. The minimum Gasteiger partial charge on any atom is -0.493 e. The molecule has 2 rings (SSSR count). The molecule has 0 heterocycles. The lowest BCUT2D eigenvalue weighted by atomic mass is 10.1. The second kappa shape index (κ2) is 9.68. The van der Waals surface area contributed by atoms with Gasteiger partial charge in [0, 0.05) is 6.54 Å². The third-order valence-corrected chi connectivity index (χ3v) is 3.97. The molecule has 0 bridgehead atoms. The molecule has 0 saturated carbocycles. The normalized spacial score (nSPS) is 11.0. The van der Waals surface area contributed by atoms with Gasteiger partial charge >= 0.3 is 0 Å². The molecule has 0 unspecified atom stereocenters. The van der Waals surface area contributed by atoms with E-state index >= 15 is 0 Å². The van der Waals surface area contributed by atoms with E-state index in [0.717, 1.165) is 5.56 Å². The summed E-state index contributed by atoms with van der Waals surface area (Å²) in [4.78, 5) is 16.5. The SMILES string of the molecule is COC(=NCCc1ccc(OC)c(OC)c1)NC(=O)c1ccccc1Cl. The molecule has 0 spiro atoms. The topological polar surface area (TPSA) is 69.2 Å². The van der Waals surface area contributed by atoms with Crippen LogP contribution < -0.4 is 14.8 Å². The molecule has 138 valence electrons. The fraction of sp³-hybridized carbons (Fsp3) is 0.263. The first-order chi connectivity index (χ1) is 12.6. The third-order valence-electron chi connectivity index (χ3n) is 3.64. The summed E-state index contributed by atoms with van der Waals surface area (Å²) >= 11 is 6.02. The van der Waals surface area contributed by atoms with Crippen molar-refractivity contribution in [3.05, 3.63) is 58.6 Å². The Morgan fingerprint density at radius 3 is 2.46 bits per heavy atom. The summed E-state index contributed by atoms with van der Waals surface area (Å²) in [6.07, 6.45) is 0.648. The fourth-order valence-electron chi connectivity index (χ4n) is 2.29. The summed E-state index contributed by atoms with van der Waals surface area (Å²) in [5.41, 5.74) is 1.39. The van der Waals surface area contributed by atoms with Crippen LogP contribution in [0, 0.1) is 0 Å². The van der Waals surface area contributed by atoms with Crippen LogP contribution in [0.4, 0.5) is 0 Å². The number of benzene rings is 2. The highest BCUT2D eigenvalue weighted by Gasteiger charge is 2.12. The van der Waals surface area contributed by atoms with E-state index in [1.807, 2.05) is 18.2 Å². The first-order valence-electron chi connectivity index (χ1n) is 7.94. The van der Waals surface area contributed by atoms with Crippen LogP contribution in [0.5, 0.6) is 11.5 Å². The Morgan fingerprint density at radius 2 is 1.81 bits per heavy atom. The Balaban J connectivity index is 1.99. The summed E-state index contributed by atoms with van der Waals surface area (Å²) in [6, 6.07) is 12.6. The maximum absolute atomic E-state index is 12.2. The van der Waals surface area contributed by atoms with E-state index in [4.69, 9.17) is 25.8 Å². The number of methoxy groups -OCH3 is 3. The van der Waals surface area contributed by atoms with Gasteiger partial charge in [-0.25, -0.2) is 4.99 Å². The van der Waals surface area contributed by atoms with Crippen LogP contribution in [0.15, 0.2) is 47.5 Å². The minimum absolute atomic E-state index is 0.135. The quantitative estimate of drug-likeness (QED) is 0.620. The zero-order valence-corrected chi connectivity index (χ0v) is 15.7.